The van der Waals surface area contributed by atoms with Crippen LogP contribution in [0.3, 0.4) is 0 Å². The van der Waals surface area contributed by atoms with Gasteiger partial charge in [-0.15, -0.1) is 0 Å². The van der Waals surface area contributed by atoms with Gasteiger partial charge in [0.25, 0.3) is 0 Å². The molecule has 4 heteroatoms. The van der Waals surface area contributed by atoms with Crippen molar-refractivity contribution in [3.05, 3.63) is 199 Å². The highest BCUT2D eigenvalue weighted by Gasteiger charge is 2.37. The number of fused-ring (bicyclic) bond motifs is 6. The number of nitrogens with zero attached hydrogens (tertiary/aromatic N) is 3. The van der Waals surface area contributed by atoms with Crippen LogP contribution in [0.15, 0.2) is 192 Å². The zero-order valence-corrected chi connectivity index (χ0v) is 32.1. The fourth-order valence-corrected chi connectivity index (χ4v) is 9.00. The minimum atomic E-state index is -0.0846. The Morgan fingerprint density at radius 1 is 0.362 bits per heavy atom. The molecule has 0 atom stereocenters. The van der Waals surface area contributed by atoms with Crippen LogP contribution < -0.4 is 0 Å². The molecular formula is C54H37N3O. The maximum atomic E-state index is 6.51. The van der Waals surface area contributed by atoms with Crippen molar-refractivity contribution in [2.24, 2.45) is 0 Å². The first-order valence-corrected chi connectivity index (χ1v) is 19.8. The van der Waals surface area contributed by atoms with Gasteiger partial charge in [-0.05, 0) is 73.8 Å². The Morgan fingerprint density at radius 3 is 1.67 bits per heavy atom. The lowest BCUT2D eigenvalue weighted by atomic mass is 9.79. The Morgan fingerprint density at radius 2 is 0.897 bits per heavy atom. The van der Waals surface area contributed by atoms with Crippen LogP contribution in [0.25, 0.3) is 101 Å². The summed E-state index contributed by atoms with van der Waals surface area (Å²) in [5, 5.41) is 1.99. The van der Waals surface area contributed by atoms with E-state index in [1.165, 1.54) is 33.4 Å². The second kappa shape index (κ2) is 13.4. The zero-order valence-electron chi connectivity index (χ0n) is 32.1. The van der Waals surface area contributed by atoms with Crippen LogP contribution in [-0.2, 0) is 5.41 Å². The van der Waals surface area contributed by atoms with Crippen molar-refractivity contribution < 1.29 is 4.42 Å². The summed E-state index contributed by atoms with van der Waals surface area (Å²) in [6.45, 7) is 4.69. The third-order valence-electron chi connectivity index (χ3n) is 11.8. The number of rotatable bonds is 6. The minimum Gasteiger partial charge on any atom is -0.456 e. The molecule has 0 unspecified atom stereocenters. The molecule has 1 aliphatic carbocycles. The van der Waals surface area contributed by atoms with Crippen LogP contribution in [0, 0.1) is 0 Å². The van der Waals surface area contributed by atoms with E-state index in [0.717, 1.165) is 60.9 Å². The van der Waals surface area contributed by atoms with E-state index in [1.54, 1.807) is 0 Å². The number of furan rings is 1. The fraction of sp³-hybridized carbons (Fsp3) is 0.0556. The van der Waals surface area contributed by atoms with E-state index in [1.807, 2.05) is 54.6 Å². The second-order valence-corrected chi connectivity index (χ2v) is 15.6. The molecule has 10 aromatic rings. The van der Waals surface area contributed by atoms with Gasteiger partial charge in [-0.3, -0.25) is 0 Å². The molecule has 0 bridgehead atoms. The van der Waals surface area contributed by atoms with Crippen molar-refractivity contribution in [1.29, 1.82) is 0 Å². The molecule has 0 saturated carbocycles. The van der Waals surface area contributed by atoms with Crippen molar-refractivity contribution in [2.75, 3.05) is 0 Å². The molecule has 8 aromatic carbocycles. The van der Waals surface area contributed by atoms with Crippen molar-refractivity contribution in [3.8, 4) is 78.7 Å². The lowest BCUT2D eigenvalue weighted by Crippen LogP contribution is -2.16. The first kappa shape index (κ1) is 33.9. The van der Waals surface area contributed by atoms with Gasteiger partial charge in [0.05, 0.1) is 0 Å². The first-order chi connectivity index (χ1) is 28.5. The lowest BCUT2D eigenvalue weighted by molar-refractivity contribution is 0.662. The maximum absolute atomic E-state index is 6.51. The minimum absolute atomic E-state index is 0.0846. The van der Waals surface area contributed by atoms with Crippen LogP contribution in [0.4, 0.5) is 0 Å². The van der Waals surface area contributed by atoms with E-state index < -0.39 is 0 Å². The summed E-state index contributed by atoms with van der Waals surface area (Å²) in [5.41, 5.74) is 16.6. The van der Waals surface area contributed by atoms with Crippen molar-refractivity contribution in [3.63, 3.8) is 0 Å². The topological polar surface area (TPSA) is 51.8 Å². The normalized spacial score (nSPS) is 12.8. The summed E-state index contributed by atoms with van der Waals surface area (Å²) in [5.74, 6) is 1.82. The van der Waals surface area contributed by atoms with Crippen LogP contribution >= 0.6 is 0 Å². The molecule has 11 rings (SSSR count). The standard InChI is InChI=1S/C54H37N3O/c1-54(2)46-25-12-11-20-41(46)42-23-13-22-40(50(42)54)36-29-27-34(28-30-36)38-31-32-47-45(33-38)49-44(24-14-26-48(49)58-47)53-56-51(37-17-7-4-8-18-37)55-52(57-53)43-21-10-9-19-39(43)35-15-5-3-6-16-35/h3-33H,1-2H3. The van der Waals surface area contributed by atoms with Gasteiger partial charge in [-0.25, -0.2) is 15.0 Å². The number of aromatic nitrogens is 3. The van der Waals surface area contributed by atoms with E-state index in [0.29, 0.717) is 17.5 Å². The largest absolute Gasteiger partial charge is 0.456 e. The monoisotopic (exact) mass is 743 g/mol. The Hall–Kier alpha value is -7.43. The molecule has 274 valence electrons. The molecule has 2 aromatic heterocycles. The predicted molar refractivity (Wildman–Crippen MR) is 237 cm³/mol. The highest BCUT2D eigenvalue weighted by atomic mass is 16.3. The van der Waals surface area contributed by atoms with E-state index in [-0.39, 0.29) is 5.41 Å². The SMILES string of the molecule is CC1(C)c2ccccc2-c2cccc(-c3ccc(-c4ccc5oc6cccc(-c7nc(-c8ccccc8)nc(-c8ccccc8-c8ccccc8)n7)c6c5c4)cc3)c21. The summed E-state index contributed by atoms with van der Waals surface area (Å²) in [6, 6.07) is 66.0. The Labute approximate surface area is 337 Å². The Bertz CT molecular complexity index is 3180. The number of hydrogen-bond acceptors (Lipinski definition) is 4. The van der Waals surface area contributed by atoms with Gasteiger partial charge in [0, 0.05) is 32.9 Å². The van der Waals surface area contributed by atoms with E-state index in [2.05, 4.69) is 147 Å². The van der Waals surface area contributed by atoms with Crippen molar-refractivity contribution in [1.82, 2.24) is 15.0 Å². The molecule has 0 aliphatic heterocycles. The van der Waals surface area contributed by atoms with Crippen molar-refractivity contribution >= 4 is 21.9 Å². The number of benzene rings is 8. The summed E-state index contributed by atoms with van der Waals surface area (Å²) in [4.78, 5) is 15.5. The van der Waals surface area contributed by atoms with Gasteiger partial charge in [-0.1, -0.05) is 184 Å². The highest BCUT2D eigenvalue weighted by molar-refractivity contribution is 6.13. The number of hydrogen-bond donors (Lipinski definition) is 0. The van der Waals surface area contributed by atoms with Crippen LogP contribution in [0.2, 0.25) is 0 Å². The molecule has 58 heavy (non-hydrogen) atoms. The summed E-state index contributed by atoms with van der Waals surface area (Å²) in [6.07, 6.45) is 0. The Kier molecular flexibility index (Phi) is 7.80. The predicted octanol–water partition coefficient (Wildman–Crippen LogP) is 14.1. The smallest absolute Gasteiger partial charge is 0.164 e. The molecule has 0 fully saturated rings. The summed E-state index contributed by atoms with van der Waals surface area (Å²) >= 11 is 0. The van der Waals surface area contributed by atoms with Gasteiger partial charge in [0.2, 0.25) is 0 Å². The third kappa shape index (κ3) is 5.48. The zero-order chi connectivity index (χ0) is 38.8. The van der Waals surface area contributed by atoms with Crippen LogP contribution in [0.1, 0.15) is 25.0 Å². The van der Waals surface area contributed by atoms with Gasteiger partial charge in [-0.2, -0.15) is 0 Å². The molecule has 0 amide bonds. The van der Waals surface area contributed by atoms with Crippen LogP contribution in [-0.4, -0.2) is 15.0 Å². The van der Waals surface area contributed by atoms with Gasteiger partial charge in [0.1, 0.15) is 11.2 Å². The average molecular weight is 744 g/mol. The molecule has 0 N–H and O–H groups in total. The van der Waals surface area contributed by atoms with E-state index in [9.17, 15) is 0 Å². The van der Waals surface area contributed by atoms with E-state index >= 15 is 0 Å². The van der Waals surface area contributed by atoms with Gasteiger partial charge < -0.3 is 4.42 Å². The third-order valence-corrected chi connectivity index (χ3v) is 11.8. The second-order valence-electron chi connectivity index (χ2n) is 15.6. The van der Waals surface area contributed by atoms with Crippen molar-refractivity contribution in [2.45, 2.75) is 19.3 Å². The summed E-state index contributed by atoms with van der Waals surface area (Å²) in [7, 11) is 0. The van der Waals surface area contributed by atoms with Gasteiger partial charge in [0.15, 0.2) is 17.5 Å². The van der Waals surface area contributed by atoms with E-state index in [4.69, 9.17) is 19.4 Å². The van der Waals surface area contributed by atoms with Gasteiger partial charge >= 0.3 is 0 Å². The average Bonchev–Trinajstić information content (AvgIpc) is 3.78. The van der Waals surface area contributed by atoms with Crippen LogP contribution in [0.5, 0.6) is 0 Å². The quantitative estimate of drug-likeness (QED) is 0.170. The Balaban J connectivity index is 1.03. The molecule has 0 spiro atoms. The molecule has 0 radical (unpaired) electrons. The lowest BCUT2D eigenvalue weighted by Gasteiger charge is -2.24. The molecule has 0 saturated heterocycles. The molecule has 4 nitrogen and oxygen atoms in total. The maximum Gasteiger partial charge on any atom is 0.164 e. The highest BCUT2D eigenvalue weighted by Crippen LogP contribution is 2.52. The molecular weight excluding hydrogens is 707 g/mol. The molecule has 2 heterocycles. The fourth-order valence-electron chi connectivity index (χ4n) is 9.00. The molecule has 1 aliphatic rings. The summed E-state index contributed by atoms with van der Waals surface area (Å²) < 4.78 is 6.51. The first-order valence-electron chi connectivity index (χ1n) is 19.8.